The molecular weight excluding hydrogens is 226 g/mol. The van der Waals surface area contributed by atoms with Gasteiger partial charge in [0.15, 0.2) is 0 Å². The molecule has 96 valence electrons. The van der Waals surface area contributed by atoms with Gasteiger partial charge in [-0.25, -0.2) is 0 Å². The predicted molar refractivity (Wildman–Crippen MR) is 72.9 cm³/mol. The molecule has 0 fully saturated rings. The van der Waals surface area contributed by atoms with Crippen LogP contribution < -0.4 is 0 Å². The van der Waals surface area contributed by atoms with Crippen molar-refractivity contribution in [3.05, 3.63) is 35.5 Å². The molecule has 0 atom stereocenters. The molecule has 0 amide bonds. The molecule has 0 aliphatic heterocycles. The summed E-state index contributed by atoms with van der Waals surface area (Å²) in [5, 5.41) is 9.95. The number of carbonyl (C=O) groups is 1. The summed E-state index contributed by atoms with van der Waals surface area (Å²) in [6.45, 7) is 2.16. The number of aliphatic carboxylic acids is 1. The molecule has 1 N–H and O–H groups in total. The second-order valence-corrected chi connectivity index (χ2v) is 4.68. The number of aromatic nitrogens is 1. The minimum atomic E-state index is -0.718. The number of rotatable bonds is 5. The fourth-order valence-corrected chi connectivity index (χ4v) is 2.55. The van der Waals surface area contributed by atoms with Crippen LogP contribution in [0.2, 0.25) is 0 Å². The smallest absolute Gasteiger partial charge is 0.303 e. The standard InChI is InChI=1S/C15H19NO2/c1-3-11-6-4-8-13-12(7-5-9-14(17)18)10-16(2)15(11)13/h4,6,8,10H,3,5,7,9H2,1-2H3,(H,17,18). The zero-order valence-electron chi connectivity index (χ0n) is 10.9. The van der Waals surface area contributed by atoms with Gasteiger partial charge in [-0.2, -0.15) is 0 Å². The summed E-state index contributed by atoms with van der Waals surface area (Å²) in [7, 11) is 2.06. The molecule has 0 aliphatic carbocycles. The molecule has 1 aromatic carbocycles. The van der Waals surface area contributed by atoms with Gasteiger partial charge in [-0.1, -0.05) is 25.1 Å². The molecule has 3 nitrogen and oxygen atoms in total. The highest BCUT2D eigenvalue weighted by molar-refractivity contribution is 5.86. The lowest BCUT2D eigenvalue weighted by Gasteiger charge is -2.03. The number of benzene rings is 1. The monoisotopic (exact) mass is 245 g/mol. The maximum atomic E-state index is 10.6. The second-order valence-electron chi connectivity index (χ2n) is 4.68. The molecular formula is C15H19NO2. The Balaban J connectivity index is 2.32. The Morgan fingerprint density at radius 3 is 2.78 bits per heavy atom. The van der Waals surface area contributed by atoms with Gasteiger partial charge in [0.1, 0.15) is 0 Å². The minimum absolute atomic E-state index is 0.240. The molecule has 18 heavy (non-hydrogen) atoms. The van der Waals surface area contributed by atoms with Crippen molar-refractivity contribution in [2.24, 2.45) is 7.05 Å². The zero-order chi connectivity index (χ0) is 13.1. The fourth-order valence-electron chi connectivity index (χ4n) is 2.55. The first-order valence-electron chi connectivity index (χ1n) is 6.41. The van der Waals surface area contributed by atoms with E-state index in [4.69, 9.17) is 5.11 Å². The van der Waals surface area contributed by atoms with E-state index in [-0.39, 0.29) is 6.42 Å². The van der Waals surface area contributed by atoms with Gasteiger partial charge in [0, 0.05) is 25.1 Å². The quantitative estimate of drug-likeness (QED) is 0.879. The Morgan fingerprint density at radius 2 is 2.11 bits per heavy atom. The number of carboxylic acids is 1. The summed E-state index contributed by atoms with van der Waals surface area (Å²) in [6.07, 6.45) is 4.92. The summed E-state index contributed by atoms with van der Waals surface area (Å²) in [5.41, 5.74) is 3.88. The van der Waals surface area contributed by atoms with Crippen molar-refractivity contribution in [2.45, 2.75) is 32.6 Å². The molecule has 2 rings (SSSR count). The van der Waals surface area contributed by atoms with Crippen molar-refractivity contribution in [1.29, 1.82) is 0 Å². The highest BCUT2D eigenvalue weighted by Crippen LogP contribution is 2.25. The van der Waals surface area contributed by atoms with Gasteiger partial charge < -0.3 is 9.67 Å². The van der Waals surface area contributed by atoms with Gasteiger partial charge in [-0.05, 0) is 30.4 Å². The Kier molecular flexibility index (Phi) is 3.70. The van der Waals surface area contributed by atoms with Gasteiger partial charge >= 0.3 is 5.97 Å². The van der Waals surface area contributed by atoms with Crippen LogP contribution in [0.5, 0.6) is 0 Å². The third-order valence-electron chi connectivity index (χ3n) is 3.39. The molecule has 0 saturated heterocycles. The Hall–Kier alpha value is -1.77. The molecule has 1 heterocycles. The lowest BCUT2D eigenvalue weighted by atomic mass is 10.0. The number of hydrogen-bond donors (Lipinski definition) is 1. The van der Waals surface area contributed by atoms with Crippen molar-refractivity contribution in [3.63, 3.8) is 0 Å². The number of aryl methyl sites for hydroxylation is 3. The van der Waals surface area contributed by atoms with Crippen molar-refractivity contribution in [1.82, 2.24) is 4.57 Å². The molecule has 0 spiro atoms. The number of nitrogens with zero attached hydrogens (tertiary/aromatic N) is 1. The molecule has 1 aromatic heterocycles. The molecule has 3 heteroatoms. The largest absolute Gasteiger partial charge is 0.481 e. The van der Waals surface area contributed by atoms with E-state index < -0.39 is 5.97 Å². The maximum absolute atomic E-state index is 10.6. The van der Waals surface area contributed by atoms with E-state index in [9.17, 15) is 4.79 Å². The number of carboxylic acid groups (broad SMARTS) is 1. The Labute approximate surface area is 107 Å². The summed E-state index contributed by atoms with van der Waals surface area (Å²) < 4.78 is 2.16. The van der Waals surface area contributed by atoms with Gasteiger partial charge in [0.05, 0.1) is 5.52 Å². The molecule has 0 unspecified atom stereocenters. The number of hydrogen-bond acceptors (Lipinski definition) is 1. The summed E-state index contributed by atoms with van der Waals surface area (Å²) in [5.74, 6) is -0.718. The van der Waals surface area contributed by atoms with Crippen LogP contribution in [0.25, 0.3) is 10.9 Å². The normalized spacial score (nSPS) is 11.0. The number of para-hydroxylation sites is 1. The van der Waals surface area contributed by atoms with Crippen LogP contribution in [0.3, 0.4) is 0 Å². The highest BCUT2D eigenvalue weighted by atomic mass is 16.4. The van der Waals surface area contributed by atoms with Gasteiger partial charge in [-0.15, -0.1) is 0 Å². The van der Waals surface area contributed by atoms with Crippen molar-refractivity contribution < 1.29 is 9.90 Å². The van der Waals surface area contributed by atoms with E-state index in [0.717, 1.165) is 12.8 Å². The molecule has 0 saturated carbocycles. The van der Waals surface area contributed by atoms with E-state index in [1.54, 1.807) is 0 Å². The van der Waals surface area contributed by atoms with E-state index in [1.807, 2.05) is 0 Å². The molecule has 0 radical (unpaired) electrons. The van der Waals surface area contributed by atoms with Crippen LogP contribution in [0.1, 0.15) is 30.9 Å². The average Bonchev–Trinajstić information content (AvgIpc) is 2.66. The van der Waals surface area contributed by atoms with Crippen LogP contribution in [0.4, 0.5) is 0 Å². The zero-order valence-corrected chi connectivity index (χ0v) is 10.9. The summed E-state index contributed by atoms with van der Waals surface area (Å²) in [4.78, 5) is 10.6. The van der Waals surface area contributed by atoms with Crippen LogP contribution in [-0.4, -0.2) is 15.6 Å². The summed E-state index contributed by atoms with van der Waals surface area (Å²) >= 11 is 0. The Bertz CT molecular complexity index is 569. The van der Waals surface area contributed by atoms with E-state index >= 15 is 0 Å². The van der Waals surface area contributed by atoms with E-state index in [2.05, 4.69) is 42.9 Å². The second kappa shape index (κ2) is 5.25. The van der Waals surface area contributed by atoms with Gasteiger partial charge in [-0.3, -0.25) is 4.79 Å². The van der Waals surface area contributed by atoms with Crippen LogP contribution in [0.15, 0.2) is 24.4 Å². The Morgan fingerprint density at radius 1 is 1.33 bits per heavy atom. The fraction of sp³-hybridized carbons (Fsp3) is 0.400. The van der Waals surface area contributed by atoms with Crippen molar-refractivity contribution in [2.75, 3.05) is 0 Å². The van der Waals surface area contributed by atoms with E-state index in [0.29, 0.717) is 6.42 Å². The number of fused-ring (bicyclic) bond motifs is 1. The average molecular weight is 245 g/mol. The minimum Gasteiger partial charge on any atom is -0.481 e. The van der Waals surface area contributed by atoms with Crippen LogP contribution >= 0.6 is 0 Å². The first-order chi connectivity index (χ1) is 8.63. The third kappa shape index (κ3) is 2.40. The van der Waals surface area contributed by atoms with Crippen LogP contribution in [-0.2, 0) is 24.7 Å². The SMILES string of the molecule is CCc1cccc2c(CCCC(=O)O)cn(C)c12. The summed E-state index contributed by atoms with van der Waals surface area (Å²) in [6, 6.07) is 6.37. The van der Waals surface area contributed by atoms with Gasteiger partial charge in [0.25, 0.3) is 0 Å². The van der Waals surface area contributed by atoms with Crippen LogP contribution in [0, 0.1) is 0 Å². The first-order valence-corrected chi connectivity index (χ1v) is 6.41. The lowest BCUT2D eigenvalue weighted by molar-refractivity contribution is -0.137. The lowest BCUT2D eigenvalue weighted by Crippen LogP contribution is -1.95. The third-order valence-corrected chi connectivity index (χ3v) is 3.39. The molecule has 0 aliphatic rings. The topological polar surface area (TPSA) is 42.2 Å². The highest BCUT2D eigenvalue weighted by Gasteiger charge is 2.09. The maximum Gasteiger partial charge on any atom is 0.303 e. The predicted octanol–water partition coefficient (Wildman–Crippen LogP) is 3.15. The van der Waals surface area contributed by atoms with E-state index in [1.165, 1.54) is 22.0 Å². The molecule has 0 bridgehead atoms. The van der Waals surface area contributed by atoms with Crippen molar-refractivity contribution in [3.8, 4) is 0 Å². The van der Waals surface area contributed by atoms with Gasteiger partial charge in [0.2, 0.25) is 0 Å². The molecule has 2 aromatic rings. The van der Waals surface area contributed by atoms with Crippen molar-refractivity contribution >= 4 is 16.9 Å². The first kappa shape index (κ1) is 12.7.